The van der Waals surface area contributed by atoms with Crippen LogP contribution in [-0.4, -0.2) is 7.05 Å². The Kier molecular flexibility index (Phi) is 3.11. The van der Waals surface area contributed by atoms with Crippen molar-refractivity contribution in [3.8, 4) is 0 Å². The molecule has 0 aromatic heterocycles. The molecule has 0 saturated heterocycles. The molecular formula is C18H23F2N. The summed E-state index contributed by atoms with van der Waals surface area (Å²) in [6.45, 7) is 0. The molecule has 4 fully saturated rings. The first-order chi connectivity index (χ1) is 10.1. The highest BCUT2D eigenvalue weighted by Crippen LogP contribution is 2.64. The van der Waals surface area contributed by atoms with Gasteiger partial charge in [-0.3, -0.25) is 0 Å². The topological polar surface area (TPSA) is 12.0 Å². The molecule has 21 heavy (non-hydrogen) atoms. The Morgan fingerprint density at radius 3 is 2.14 bits per heavy atom. The number of rotatable bonds is 3. The van der Waals surface area contributed by atoms with Crippen LogP contribution in [0.5, 0.6) is 0 Å². The summed E-state index contributed by atoms with van der Waals surface area (Å²) >= 11 is 0. The maximum atomic E-state index is 14.3. The van der Waals surface area contributed by atoms with Crippen LogP contribution in [0.1, 0.15) is 50.1 Å². The molecule has 1 unspecified atom stereocenters. The quantitative estimate of drug-likeness (QED) is 0.868. The van der Waals surface area contributed by atoms with Crippen LogP contribution in [0.15, 0.2) is 18.2 Å². The first kappa shape index (κ1) is 13.7. The van der Waals surface area contributed by atoms with Crippen molar-refractivity contribution in [2.45, 2.75) is 44.6 Å². The maximum absolute atomic E-state index is 14.3. The van der Waals surface area contributed by atoms with E-state index in [1.807, 2.05) is 7.05 Å². The average molecular weight is 291 g/mol. The fourth-order valence-corrected chi connectivity index (χ4v) is 6.07. The van der Waals surface area contributed by atoms with Gasteiger partial charge in [0.05, 0.1) is 0 Å². The van der Waals surface area contributed by atoms with Crippen molar-refractivity contribution in [2.24, 2.45) is 23.2 Å². The Hall–Kier alpha value is -0.960. The molecule has 0 aliphatic heterocycles. The minimum Gasteiger partial charge on any atom is -0.312 e. The predicted octanol–water partition coefficient (Wildman–Crippen LogP) is 4.44. The van der Waals surface area contributed by atoms with Gasteiger partial charge in [-0.15, -0.1) is 0 Å². The molecule has 0 spiro atoms. The number of nitrogens with one attached hydrogen (secondary N) is 1. The van der Waals surface area contributed by atoms with Crippen LogP contribution in [-0.2, 0) is 0 Å². The van der Waals surface area contributed by atoms with E-state index in [4.69, 9.17) is 0 Å². The van der Waals surface area contributed by atoms with E-state index in [1.54, 1.807) is 12.1 Å². The summed E-state index contributed by atoms with van der Waals surface area (Å²) in [5.74, 6) is 1.04. The van der Waals surface area contributed by atoms with Gasteiger partial charge in [0, 0.05) is 11.6 Å². The minimum absolute atomic E-state index is 0.0541. The van der Waals surface area contributed by atoms with Gasteiger partial charge in [-0.1, -0.05) is 12.1 Å². The summed E-state index contributed by atoms with van der Waals surface area (Å²) in [6, 6.07) is 4.56. The number of hydrogen-bond donors (Lipinski definition) is 1. The molecule has 1 atom stereocenters. The smallest absolute Gasteiger partial charge is 0.163 e. The van der Waals surface area contributed by atoms with E-state index in [1.165, 1.54) is 44.6 Å². The SMILES string of the molecule is CNC(c1cccc(F)c1F)C12CC3CC(CC(C3)C1)C2. The molecule has 4 aliphatic carbocycles. The highest BCUT2D eigenvalue weighted by atomic mass is 19.2. The van der Waals surface area contributed by atoms with E-state index in [2.05, 4.69) is 5.32 Å². The molecule has 0 heterocycles. The molecule has 1 aromatic rings. The van der Waals surface area contributed by atoms with E-state index < -0.39 is 11.6 Å². The molecule has 3 heteroatoms. The van der Waals surface area contributed by atoms with E-state index in [9.17, 15) is 8.78 Å². The fourth-order valence-electron chi connectivity index (χ4n) is 6.07. The summed E-state index contributed by atoms with van der Waals surface area (Å²) in [4.78, 5) is 0. The van der Waals surface area contributed by atoms with Crippen LogP contribution < -0.4 is 5.32 Å². The summed E-state index contributed by atoms with van der Waals surface area (Å²) in [6.07, 6.45) is 7.63. The van der Waals surface area contributed by atoms with Crippen molar-refractivity contribution in [1.29, 1.82) is 0 Å². The van der Waals surface area contributed by atoms with Crippen LogP contribution >= 0.6 is 0 Å². The second-order valence-electron chi connectivity index (χ2n) is 7.64. The highest BCUT2D eigenvalue weighted by molar-refractivity contribution is 5.26. The molecule has 0 amide bonds. The van der Waals surface area contributed by atoms with Crippen molar-refractivity contribution in [3.05, 3.63) is 35.4 Å². The lowest BCUT2D eigenvalue weighted by Gasteiger charge is -2.59. The van der Waals surface area contributed by atoms with E-state index in [-0.39, 0.29) is 11.5 Å². The Balaban J connectivity index is 1.74. The molecule has 1 aromatic carbocycles. The maximum Gasteiger partial charge on any atom is 0.163 e. The third kappa shape index (κ3) is 2.04. The van der Waals surface area contributed by atoms with E-state index in [0.717, 1.165) is 17.8 Å². The highest BCUT2D eigenvalue weighted by Gasteiger charge is 2.54. The Labute approximate surface area is 125 Å². The molecule has 0 radical (unpaired) electrons. The lowest BCUT2D eigenvalue weighted by molar-refractivity contribution is -0.0742. The molecular weight excluding hydrogens is 268 g/mol. The van der Waals surface area contributed by atoms with Crippen molar-refractivity contribution >= 4 is 0 Å². The van der Waals surface area contributed by atoms with Gasteiger partial charge in [0.2, 0.25) is 0 Å². The summed E-state index contributed by atoms with van der Waals surface area (Å²) in [5.41, 5.74) is 0.664. The van der Waals surface area contributed by atoms with Crippen LogP contribution in [0.2, 0.25) is 0 Å². The Bertz CT molecular complexity index is 519. The average Bonchev–Trinajstić information content (AvgIpc) is 2.42. The normalized spacial score (nSPS) is 38.7. The van der Waals surface area contributed by atoms with Gasteiger partial charge < -0.3 is 5.32 Å². The largest absolute Gasteiger partial charge is 0.312 e. The van der Waals surface area contributed by atoms with Crippen molar-refractivity contribution in [3.63, 3.8) is 0 Å². The summed E-state index contributed by atoms with van der Waals surface area (Å²) in [7, 11) is 1.90. The fraction of sp³-hybridized carbons (Fsp3) is 0.667. The monoisotopic (exact) mass is 291 g/mol. The van der Waals surface area contributed by atoms with Gasteiger partial charge >= 0.3 is 0 Å². The van der Waals surface area contributed by atoms with E-state index >= 15 is 0 Å². The first-order valence-electron chi connectivity index (χ1n) is 8.22. The van der Waals surface area contributed by atoms with Gasteiger partial charge in [-0.2, -0.15) is 0 Å². The number of hydrogen-bond acceptors (Lipinski definition) is 1. The molecule has 4 aliphatic rings. The van der Waals surface area contributed by atoms with Crippen LogP contribution in [0.25, 0.3) is 0 Å². The molecule has 4 bridgehead atoms. The molecule has 4 saturated carbocycles. The van der Waals surface area contributed by atoms with Gasteiger partial charge in [-0.05, 0) is 74.8 Å². The second kappa shape index (κ2) is 4.77. The molecule has 1 N–H and O–H groups in total. The zero-order valence-electron chi connectivity index (χ0n) is 12.5. The Morgan fingerprint density at radius 2 is 1.62 bits per heavy atom. The first-order valence-corrected chi connectivity index (χ1v) is 8.22. The minimum atomic E-state index is -0.725. The summed E-state index contributed by atoms with van der Waals surface area (Å²) < 4.78 is 28.0. The van der Waals surface area contributed by atoms with Gasteiger partial charge in [0.15, 0.2) is 11.6 Å². The van der Waals surface area contributed by atoms with Crippen molar-refractivity contribution < 1.29 is 8.78 Å². The molecule has 1 nitrogen and oxygen atoms in total. The lowest BCUT2D eigenvalue weighted by atomic mass is 9.47. The Morgan fingerprint density at radius 1 is 1.05 bits per heavy atom. The third-order valence-corrected chi connectivity index (χ3v) is 6.28. The van der Waals surface area contributed by atoms with Crippen molar-refractivity contribution in [2.75, 3.05) is 7.05 Å². The van der Waals surface area contributed by atoms with E-state index in [0.29, 0.717) is 5.56 Å². The number of halogens is 2. The van der Waals surface area contributed by atoms with Gasteiger partial charge in [0.25, 0.3) is 0 Å². The second-order valence-corrected chi connectivity index (χ2v) is 7.64. The zero-order chi connectivity index (χ0) is 14.6. The standard InChI is InChI=1S/C18H23F2N/c1-21-17(14-3-2-4-15(19)16(14)20)18-8-11-5-12(9-18)7-13(6-11)10-18/h2-4,11-13,17,21H,5-10H2,1H3. The van der Waals surface area contributed by atoms with Crippen LogP contribution in [0.3, 0.4) is 0 Å². The lowest BCUT2D eigenvalue weighted by Crippen LogP contribution is -2.51. The zero-order valence-corrected chi connectivity index (χ0v) is 12.5. The van der Waals surface area contributed by atoms with Crippen molar-refractivity contribution in [1.82, 2.24) is 5.32 Å². The van der Waals surface area contributed by atoms with Crippen LogP contribution in [0.4, 0.5) is 8.78 Å². The van der Waals surface area contributed by atoms with Gasteiger partial charge in [0.1, 0.15) is 0 Å². The molecule has 5 rings (SSSR count). The predicted molar refractivity (Wildman–Crippen MR) is 78.8 cm³/mol. The van der Waals surface area contributed by atoms with Crippen LogP contribution in [0, 0.1) is 34.8 Å². The third-order valence-electron chi connectivity index (χ3n) is 6.28. The number of benzene rings is 1. The van der Waals surface area contributed by atoms with Gasteiger partial charge in [-0.25, -0.2) is 8.78 Å². The molecule has 114 valence electrons. The summed E-state index contributed by atoms with van der Waals surface area (Å²) in [5, 5.41) is 3.34.